The highest BCUT2D eigenvalue weighted by Gasteiger charge is 2.31. The maximum atomic E-state index is 13.4. The second kappa shape index (κ2) is 6.53. The second-order valence-electron chi connectivity index (χ2n) is 6.51. The van der Waals surface area contributed by atoms with Crippen molar-refractivity contribution in [3.63, 3.8) is 0 Å². The van der Waals surface area contributed by atoms with Gasteiger partial charge in [0.15, 0.2) is 0 Å². The highest BCUT2D eigenvalue weighted by atomic mass is 35.5. The zero-order valence-corrected chi connectivity index (χ0v) is 13.4. The summed E-state index contributed by atoms with van der Waals surface area (Å²) in [6.45, 7) is 4.19. The Morgan fingerprint density at radius 2 is 2.00 bits per heavy atom. The predicted octanol–water partition coefficient (Wildman–Crippen LogP) is 4.23. The van der Waals surface area contributed by atoms with E-state index in [0.29, 0.717) is 12.1 Å². The average molecular weight is 311 g/mol. The number of halogens is 2. The van der Waals surface area contributed by atoms with E-state index in [1.165, 1.54) is 38.2 Å². The van der Waals surface area contributed by atoms with Gasteiger partial charge in [-0.05, 0) is 43.9 Å². The van der Waals surface area contributed by atoms with E-state index in [0.717, 1.165) is 24.7 Å². The molecule has 2 nitrogen and oxygen atoms in total. The fraction of sp³-hybridized carbons (Fsp3) is 0.647. The molecule has 1 aromatic rings. The Labute approximate surface area is 131 Å². The summed E-state index contributed by atoms with van der Waals surface area (Å²) in [5, 5.41) is 3.93. The van der Waals surface area contributed by atoms with Gasteiger partial charge >= 0.3 is 0 Å². The van der Waals surface area contributed by atoms with Crippen molar-refractivity contribution in [1.29, 1.82) is 0 Å². The quantitative estimate of drug-likeness (QED) is 0.879. The third kappa shape index (κ3) is 3.35. The van der Waals surface area contributed by atoms with Crippen molar-refractivity contribution in [2.24, 2.45) is 5.92 Å². The van der Waals surface area contributed by atoms with Gasteiger partial charge in [-0.15, -0.1) is 0 Å². The molecule has 1 saturated carbocycles. The minimum absolute atomic E-state index is 0.215. The fourth-order valence-electron chi connectivity index (χ4n) is 3.76. The minimum atomic E-state index is -0.341. The van der Waals surface area contributed by atoms with Crippen LogP contribution in [0, 0.1) is 11.7 Å². The molecule has 2 fully saturated rings. The van der Waals surface area contributed by atoms with Crippen molar-refractivity contribution >= 4 is 17.3 Å². The smallest absolute Gasteiger partial charge is 0.141 e. The van der Waals surface area contributed by atoms with E-state index in [2.05, 4.69) is 17.1 Å². The second-order valence-corrected chi connectivity index (χ2v) is 6.92. The lowest BCUT2D eigenvalue weighted by Gasteiger charge is -2.44. The first-order valence-electron chi connectivity index (χ1n) is 8.10. The number of anilines is 1. The Kier molecular flexibility index (Phi) is 4.70. The molecule has 0 radical (unpaired) electrons. The average Bonchev–Trinajstić information content (AvgIpc) is 2.51. The van der Waals surface area contributed by atoms with Gasteiger partial charge in [-0.25, -0.2) is 4.39 Å². The van der Waals surface area contributed by atoms with Gasteiger partial charge in [-0.2, -0.15) is 0 Å². The molecule has 1 aliphatic heterocycles. The Morgan fingerprint density at radius 1 is 1.24 bits per heavy atom. The molecule has 1 N–H and O–H groups in total. The van der Waals surface area contributed by atoms with E-state index in [4.69, 9.17) is 11.6 Å². The topological polar surface area (TPSA) is 15.3 Å². The van der Waals surface area contributed by atoms with E-state index in [1.54, 1.807) is 6.07 Å². The van der Waals surface area contributed by atoms with Gasteiger partial charge in [-0.3, -0.25) is 0 Å². The van der Waals surface area contributed by atoms with Crippen LogP contribution in [0.1, 0.15) is 39.0 Å². The minimum Gasteiger partial charge on any atom is -0.366 e. The highest BCUT2D eigenvalue weighted by molar-refractivity contribution is 6.31. The van der Waals surface area contributed by atoms with Crippen LogP contribution in [-0.2, 0) is 0 Å². The zero-order chi connectivity index (χ0) is 14.8. The van der Waals surface area contributed by atoms with Crippen LogP contribution >= 0.6 is 11.6 Å². The zero-order valence-electron chi connectivity index (χ0n) is 12.6. The summed E-state index contributed by atoms with van der Waals surface area (Å²) < 4.78 is 13.4. The lowest BCUT2D eigenvalue weighted by Crippen LogP contribution is -2.58. The summed E-state index contributed by atoms with van der Waals surface area (Å²) >= 11 is 5.95. The molecule has 1 heterocycles. The molecular weight excluding hydrogens is 287 g/mol. The molecule has 3 rings (SSSR count). The largest absolute Gasteiger partial charge is 0.366 e. The number of nitrogens with zero attached hydrogens (tertiary/aromatic N) is 1. The predicted molar refractivity (Wildman–Crippen MR) is 86.6 cm³/mol. The van der Waals surface area contributed by atoms with E-state index in [-0.39, 0.29) is 10.8 Å². The number of hydrogen-bond donors (Lipinski definition) is 1. The first-order chi connectivity index (χ1) is 10.1. The molecule has 2 unspecified atom stereocenters. The normalized spacial score (nSPS) is 27.9. The van der Waals surface area contributed by atoms with Gasteiger partial charge in [-0.1, -0.05) is 30.9 Å². The lowest BCUT2D eigenvalue weighted by atomic mass is 9.82. The number of hydrogen-bond acceptors (Lipinski definition) is 2. The molecule has 116 valence electrons. The van der Waals surface area contributed by atoms with Crippen LogP contribution in [-0.4, -0.2) is 25.2 Å². The first kappa shape index (κ1) is 15.1. The first-order valence-corrected chi connectivity index (χ1v) is 8.48. The van der Waals surface area contributed by atoms with Gasteiger partial charge in [0.2, 0.25) is 0 Å². The van der Waals surface area contributed by atoms with Crippen LogP contribution in [0.4, 0.5) is 10.1 Å². The van der Waals surface area contributed by atoms with E-state index < -0.39 is 0 Å². The van der Waals surface area contributed by atoms with Crippen LogP contribution in [0.25, 0.3) is 0 Å². The van der Waals surface area contributed by atoms with Crippen LogP contribution in [0.2, 0.25) is 5.02 Å². The summed E-state index contributed by atoms with van der Waals surface area (Å²) in [4.78, 5) is 2.38. The van der Waals surface area contributed by atoms with Crippen LogP contribution in [0.3, 0.4) is 0 Å². The Balaban J connectivity index is 1.74. The monoisotopic (exact) mass is 310 g/mol. The molecule has 2 atom stereocenters. The SMILES string of the molecule is CC1CNC(C2CCCCC2)CN1c1ccc(F)c(Cl)c1. The van der Waals surface area contributed by atoms with Crippen molar-refractivity contribution in [2.45, 2.75) is 51.1 Å². The summed E-state index contributed by atoms with van der Waals surface area (Å²) in [6, 6.07) is 6.04. The maximum Gasteiger partial charge on any atom is 0.141 e. The molecule has 1 saturated heterocycles. The molecular formula is C17H24ClFN2. The van der Waals surface area contributed by atoms with Gasteiger partial charge in [0.05, 0.1) is 5.02 Å². The Hall–Kier alpha value is -0.800. The Bertz CT molecular complexity index is 488. The fourth-order valence-corrected chi connectivity index (χ4v) is 3.94. The van der Waals surface area contributed by atoms with Crippen molar-refractivity contribution in [3.8, 4) is 0 Å². The standard InChI is InChI=1S/C17H24ClFN2/c1-12-10-20-17(13-5-3-2-4-6-13)11-21(12)14-7-8-16(19)15(18)9-14/h7-9,12-13,17,20H,2-6,10-11H2,1H3. The summed E-state index contributed by atoms with van der Waals surface area (Å²) in [5.74, 6) is 0.441. The molecule has 0 amide bonds. The van der Waals surface area contributed by atoms with E-state index >= 15 is 0 Å². The number of piperazine rings is 1. The van der Waals surface area contributed by atoms with E-state index in [9.17, 15) is 4.39 Å². The third-order valence-electron chi connectivity index (χ3n) is 5.05. The van der Waals surface area contributed by atoms with Crippen LogP contribution < -0.4 is 10.2 Å². The molecule has 0 spiro atoms. The van der Waals surface area contributed by atoms with Crippen molar-refractivity contribution in [2.75, 3.05) is 18.0 Å². The van der Waals surface area contributed by atoms with Crippen molar-refractivity contribution in [3.05, 3.63) is 29.0 Å². The van der Waals surface area contributed by atoms with Crippen LogP contribution in [0.5, 0.6) is 0 Å². The lowest BCUT2D eigenvalue weighted by molar-refractivity contribution is 0.245. The van der Waals surface area contributed by atoms with E-state index in [1.807, 2.05) is 6.07 Å². The van der Waals surface area contributed by atoms with Crippen molar-refractivity contribution in [1.82, 2.24) is 5.32 Å². The molecule has 2 aliphatic rings. The van der Waals surface area contributed by atoms with Crippen LogP contribution in [0.15, 0.2) is 18.2 Å². The molecule has 21 heavy (non-hydrogen) atoms. The van der Waals surface area contributed by atoms with Gasteiger partial charge in [0, 0.05) is 30.9 Å². The summed E-state index contributed by atoms with van der Waals surface area (Å²) in [5.41, 5.74) is 1.04. The Morgan fingerprint density at radius 3 is 2.71 bits per heavy atom. The third-order valence-corrected chi connectivity index (χ3v) is 5.34. The summed E-state index contributed by atoms with van der Waals surface area (Å²) in [6.07, 6.45) is 6.78. The number of rotatable bonds is 2. The van der Waals surface area contributed by atoms with Gasteiger partial charge in [0.25, 0.3) is 0 Å². The number of nitrogens with one attached hydrogen (secondary N) is 1. The molecule has 0 aromatic heterocycles. The molecule has 0 bridgehead atoms. The van der Waals surface area contributed by atoms with Crippen molar-refractivity contribution < 1.29 is 4.39 Å². The summed E-state index contributed by atoms with van der Waals surface area (Å²) in [7, 11) is 0. The molecule has 4 heteroatoms. The van der Waals surface area contributed by atoms with Gasteiger partial charge in [0.1, 0.15) is 5.82 Å². The molecule has 1 aromatic carbocycles. The highest BCUT2D eigenvalue weighted by Crippen LogP contribution is 2.31. The number of benzene rings is 1. The molecule has 1 aliphatic carbocycles. The maximum absolute atomic E-state index is 13.4. The van der Waals surface area contributed by atoms with Gasteiger partial charge < -0.3 is 10.2 Å².